The van der Waals surface area contributed by atoms with Gasteiger partial charge in [0.25, 0.3) is 5.89 Å². The highest BCUT2D eigenvalue weighted by atomic mass is 127. The van der Waals surface area contributed by atoms with Crippen LogP contribution in [-0.4, -0.2) is 10.1 Å². The monoisotopic (exact) mass is 377 g/mol. The second-order valence-corrected chi connectivity index (χ2v) is 5.58. The lowest BCUT2D eigenvalue weighted by Crippen LogP contribution is -2.11. The van der Waals surface area contributed by atoms with Gasteiger partial charge >= 0.3 is 0 Å². The van der Waals surface area contributed by atoms with E-state index in [9.17, 15) is 0 Å². The molecule has 2 N–H and O–H groups in total. The molecule has 1 unspecified atom stereocenters. The van der Waals surface area contributed by atoms with Crippen LogP contribution in [0.2, 0.25) is 5.02 Å². The number of aromatic nitrogens is 2. The lowest BCUT2D eigenvalue weighted by molar-refractivity contribution is 0.413. The maximum atomic E-state index is 5.97. The fraction of sp³-hybridized carbons (Fsp3) is 0.333. The summed E-state index contributed by atoms with van der Waals surface area (Å²) < 4.78 is 6.26. The van der Waals surface area contributed by atoms with Crippen LogP contribution in [0, 0.1) is 3.57 Å². The summed E-state index contributed by atoms with van der Waals surface area (Å²) in [6.07, 6.45) is 1.82. The lowest BCUT2D eigenvalue weighted by atomic mass is 10.2. The van der Waals surface area contributed by atoms with Crippen molar-refractivity contribution in [3.63, 3.8) is 0 Å². The van der Waals surface area contributed by atoms with Crippen molar-refractivity contribution in [3.8, 4) is 11.5 Å². The van der Waals surface area contributed by atoms with E-state index in [1.165, 1.54) is 0 Å². The molecule has 0 bridgehead atoms. The van der Waals surface area contributed by atoms with Crippen molar-refractivity contribution in [2.75, 3.05) is 0 Å². The van der Waals surface area contributed by atoms with Gasteiger partial charge in [-0.15, -0.1) is 0 Å². The fourth-order valence-corrected chi connectivity index (χ4v) is 2.33. The first-order valence-electron chi connectivity index (χ1n) is 5.66. The number of hydrogen-bond donors (Lipinski definition) is 1. The highest BCUT2D eigenvalue weighted by molar-refractivity contribution is 14.1. The lowest BCUT2D eigenvalue weighted by Gasteiger charge is -2.02. The average Bonchev–Trinajstić information content (AvgIpc) is 2.82. The molecule has 6 heteroatoms. The first kappa shape index (κ1) is 13.8. The number of hydrogen-bond acceptors (Lipinski definition) is 4. The first-order chi connectivity index (χ1) is 8.61. The molecule has 0 fully saturated rings. The summed E-state index contributed by atoms with van der Waals surface area (Å²) in [6, 6.07) is 5.37. The van der Waals surface area contributed by atoms with Crippen LogP contribution in [0.5, 0.6) is 0 Å². The Hall–Kier alpha value is -0.660. The fourth-order valence-electron chi connectivity index (χ4n) is 1.60. The Kier molecular flexibility index (Phi) is 4.58. The first-order valence-corrected chi connectivity index (χ1v) is 7.12. The predicted molar refractivity (Wildman–Crippen MR) is 79.3 cm³/mol. The second-order valence-electron chi connectivity index (χ2n) is 3.98. The molecule has 0 radical (unpaired) electrons. The van der Waals surface area contributed by atoms with Gasteiger partial charge in [-0.05, 0) is 47.2 Å². The molecule has 0 saturated heterocycles. The molecule has 2 aromatic rings. The minimum Gasteiger partial charge on any atom is -0.334 e. The Morgan fingerprint density at radius 3 is 3.00 bits per heavy atom. The maximum absolute atomic E-state index is 5.97. The van der Waals surface area contributed by atoms with Crippen LogP contribution in [0.4, 0.5) is 0 Å². The van der Waals surface area contributed by atoms with Crippen molar-refractivity contribution < 1.29 is 4.52 Å². The molecule has 0 amide bonds. The molecule has 0 saturated carbocycles. The molecule has 1 atom stereocenters. The van der Waals surface area contributed by atoms with Crippen LogP contribution in [0.3, 0.4) is 0 Å². The molecule has 0 aliphatic heterocycles. The van der Waals surface area contributed by atoms with E-state index in [1.807, 2.05) is 18.2 Å². The molecule has 96 valence electrons. The molecule has 1 aromatic heterocycles. The largest absolute Gasteiger partial charge is 0.334 e. The van der Waals surface area contributed by atoms with Crippen LogP contribution in [0.1, 0.15) is 31.6 Å². The average molecular weight is 378 g/mol. The van der Waals surface area contributed by atoms with Crippen molar-refractivity contribution in [2.45, 2.75) is 25.8 Å². The van der Waals surface area contributed by atoms with Gasteiger partial charge in [0.1, 0.15) is 0 Å². The van der Waals surface area contributed by atoms with E-state index in [0.29, 0.717) is 16.7 Å². The summed E-state index contributed by atoms with van der Waals surface area (Å²) in [5, 5.41) is 4.57. The van der Waals surface area contributed by atoms with Crippen molar-refractivity contribution in [2.24, 2.45) is 5.73 Å². The minimum absolute atomic E-state index is 0.177. The van der Waals surface area contributed by atoms with Crippen molar-refractivity contribution in [1.82, 2.24) is 10.1 Å². The number of rotatable bonds is 4. The van der Waals surface area contributed by atoms with E-state index >= 15 is 0 Å². The minimum atomic E-state index is -0.177. The Morgan fingerprint density at radius 2 is 2.28 bits per heavy atom. The molecule has 2 rings (SSSR count). The van der Waals surface area contributed by atoms with Gasteiger partial charge in [0.2, 0.25) is 0 Å². The molecule has 1 heterocycles. The van der Waals surface area contributed by atoms with E-state index in [0.717, 1.165) is 22.0 Å². The number of nitrogens with two attached hydrogens (primary N) is 1. The molecular weight excluding hydrogens is 365 g/mol. The molecule has 0 aliphatic carbocycles. The van der Waals surface area contributed by atoms with Gasteiger partial charge < -0.3 is 10.3 Å². The van der Waals surface area contributed by atoms with Gasteiger partial charge in [-0.1, -0.05) is 30.1 Å². The number of benzene rings is 1. The SMILES string of the molecule is CCCC(N)c1noc(-c2cc(Cl)ccc2I)n1. The van der Waals surface area contributed by atoms with E-state index in [-0.39, 0.29) is 6.04 Å². The highest BCUT2D eigenvalue weighted by Gasteiger charge is 2.16. The topological polar surface area (TPSA) is 64.9 Å². The zero-order valence-corrected chi connectivity index (χ0v) is 12.8. The smallest absolute Gasteiger partial charge is 0.259 e. The number of nitrogens with zero attached hydrogens (tertiary/aromatic N) is 2. The Balaban J connectivity index is 2.32. The summed E-state index contributed by atoms with van der Waals surface area (Å²) >= 11 is 8.17. The van der Waals surface area contributed by atoms with Crippen molar-refractivity contribution in [1.29, 1.82) is 0 Å². The number of halogens is 2. The van der Waals surface area contributed by atoms with Crippen LogP contribution < -0.4 is 5.73 Å². The summed E-state index contributed by atoms with van der Waals surface area (Å²) in [4.78, 5) is 4.33. The Labute approximate surface area is 124 Å². The third-order valence-corrected chi connectivity index (χ3v) is 3.71. The van der Waals surface area contributed by atoms with E-state index < -0.39 is 0 Å². The van der Waals surface area contributed by atoms with E-state index in [2.05, 4.69) is 39.7 Å². The highest BCUT2D eigenvalue weighted by Crippen LogP contribution is 2.27. The standard InChI is InChI=1S/C12H13ClIN3O/c1-2-3-10(15)11-16-12(18-17-11)8-6-7(13)4-5-9(8)14/h4-6,10H,2-3,15H2,1H3. The van der Waals surface area contributed by atoms with Crippen LogP contribution >= 0.6 is 34.2 Å². The second kappa shape index (κ2) is 5.99. The molecular formula is C12H13ClIN3O. The van der Waals surface area contributed by atoms with Gasteiger partial charge in [0, 0.05) is 8.59 Å². The maximum Gasteiger partial charge on any atom is 0.259 e. The summed E-state index contributed by atoms with van der Waals surface area (Å²) in [5.74, 6) is 1.01. The molecule has 1 aromatic carbocycles. The van der Waals surface area contributed by atoms with Crippen molar-refractivity contribution in [3.05, 3.63) is 32.6 Å². The quantitative estimate of drug-likeness (QED) is 0.823. The van der Waals surface area contributed by atoms with Crippen LogP contribution in [0.15, 0.2) is 22.7 Å². The van der Waals surface area contributed by atoms with Crippen LogP contribution in [0.25, 0.3) is 11.5 Å². The molecule has 4 nitrogen and oxygen atoms in total. The van der Waals surface area contributed by atoms with Crippen molar-refractivity contribution >= 4 is 34.2 Å². The zero-order chi connectivity index (χ0) is 13.1. The summed E-state index contributed by atoms with van der Waals surface area (Å²) in [5.41, 5.74) is 6.79. The molecule has 18 heavy (non-hydrogen) atoms. The van der Waals surface area contributed by atoms with E-state index in [1.54, 1.807) is 0 Å². The Morgan fingerprint density at radius 1 is 1.50 bits per heavy atom. The van der Waals surface area contributed by atoms with Gasteiger partial charge in [-0.2, -0.15) is 4.98 Å². The summed E-state index contributed by atoms with van der Waals surface area (Å²) in [6.45, 7) is 2.07. The van der Waals surface area contributed by atoms with Gasteiger partial charge in [-0.25, -0.2) is 0 Å². The third-order valence-electron chi connectivity index (χ3n) is 2.53. The predicted octanol–water partition coefficient (Wildman–Crippen LogP) is 3.79. The molecule has 0 spiro atoms. The zero-order valence-electron chi connectivity index (χ0n) is 9.86. The van der Waals surface area contributed by atoms with Gasteiger partial charge in [-0.3, -0.25) is 0 Å². The molecule has 0 aliphatic rings. The Bertz CT molecular complexity index is 544. The third kappa shape index (κ3) is 3.02. The van der Waals surface area contributed by atoms with Gasteiger partial charge in [0.05, 0.1) is 11.6 Å². The van der Waals surface area contributed by atoms with E-state index in [4.69, 9.17) is 21.9 Å². The normalized spacial score (nSPS) is 12.7. The van der Waals surface area contributed by atoms with Crippen LogP contribution in [-0.2, 0) is 0 Å². The summed E-state index contributed by atoms with van der Waals surface area (Å²) in [7, 11) is 0. The van der Waals surface area contributed by atoms with Gasteiger partial charge in [0.15, 0.2) is 5.82 Å².